The van der Waals surface area contributed by atoms with Crippen molar-refractivity contribution in [3.8, 4) is 11.5 Å². The van der Waals surface area contributed by atoms with Crippen molar-refractivity contribution >= 4 is 5.91 Å². The molecule has 118 valence electrons. The van der Waals surface area contributed by atoms with Gasteiger partial charge in [0.2, 0.25) is 5.91 Å². The Morgan fingerprint density at radius 3 is 2.43 bits per heavy atom. The summed E-state index contributed by atoms with van der Waals surface area (Å²) in [5.74, 6) is 1.67. The minimum Gasteiger partial charge on any atom is -0.497 e. The van der Waals surface area contributed by atoms with Crippen molar-refractivity contribution in [3.63, 3.8) is 0 Å². The standard InChI is InChI=1S/C16H26N2O3/c1-6-18(7-2)16(19)12(3)17-11-13-10-14(20-4)8-9-15(13)21-5/h8-10,12,17H,6-7,11H2,1-5H3. The fourth-order valence-electron chi connectivity index (χ4n) is 2.18. The van der Waals surface area contributed by atoms with Gasteiger partial charge in [0.25, 0.3) is 0 Å². The van der Waals surface area contributed by atoms with E-state index in [1.165, 1.54) is 0 Å². The number of carbonyl (C=O) groups is 1. The van der Waals surface area contributed by atoms with Gasteiger partial charge in [-0.3, -0.25) is 4.79 Å². The van der Waals surface area contributed by atoms with E-state index in [1.807, 2.05) is 43.9 Å². The van der Waals surface area contributed by atoms with Crippen LogP contribution < -0.4 is 14.8 Å². The van der Waals surface area contributed by atoms with E-state index in [4.69, 9.17) is 9.47 Å². The topological polar surface area (TPSA) is 50.8 Å². The Bertz CT molecular complexity index is 459. The van der Waals surface area contributed by atoms with Crippen LogP contribution in [-0.4, -0.2) is 44.2 Å². The number of hydrogen-bond donors (Lipinski definition) is 1. The molecule has 0 radical (unpaired) electrons. The maximum Gasteiger partial charge on any atom is 0.239 e. The molecule has 0 saturated carbocycles. The molecule has 0 aliphatic rings. The van der Waals surface area contributed by atoms with E-state index in [1.54, 1.807) is 14.2 Å². The molecule has 0 bridgehead atoms. The maximum atomic E-state index is 12.2. The van der Waals surface area contributed by atoms with Crippen molar-refractivity contribution in [1.82, 2.24) is 10.2 Å². The molecule has 5 heteroatoms. The van der Waals surface area contributed by atoms with Gasteiger partial charge in [-0.25, -0.2) is 0 Å². The highest BCUT2D eigenvalue weighted by Gasteiger charge is 2.18. The zero-order chi connectivity index (χ0) is 15.8. The van der Waals surface area contributed by atoms with Crippen LogP contribution in [0.5, 0.6) is 11.5 Å². The molecule has 1 unspecified atom stereocenters. The van der Waals surface area contributed by atoms with E-state index in [-0.39, 0.29) is 11.9 Å². The Morgan fingerprint density at radius 1 is 1.24 bits per heavy atom. The highest BCUT2D eigenvalue weighted by Crippen LogP contribution is 2.23. The van der Waals surface area contributed by atoms with Gasteiger partial charge in [-0.1, -0.05) is 0 Å². The predicted molar refractivity (Wildman–Crippen MR) is 83.8 cm³/mol. The van der Waals surface area contributed by atoms with E-state index in [9.17, 15) is 4.79 Å². The first-order valence-corrected chi connectivity index (χ1v) is 7.30. The highest BCUT2D eigenvalue weighted by atomic mass is 16.5. The SMILES string of the molecule is CCN(CC)C(=O)C(C)NCc1cc(OC)ccc1OC. The molecule has 1 rings (SSSR count). The minimum atomic E-state index is -0.235. The fraction of sp³-hybridized carbons (Fsp3) is 0.562. The summed E-state index contributed by atoms with van der Waals surface area (Å²) in [6, 6.07) is 5.40. The average molecular weight is 294 g/mol. The average Bonchev–Trinajstić information content (AvgIpc) is 2.53. The summed E-state index contributed by atoms with van der Waals surface area (Å²) in [6.07, 6.45) is 0. The first kappa shape index (κ1) is 17.3. The van der Waals surface area contributed by atoms with Crippen LogP contribution >= 0.6 is 0 Å². The zero-order valence-electron chi connectivity index (χ0n) is 13.6. The first-order chi connectivity index (χ1) is 10.1. The van der Waals surface area contributed by atoms with Gasteiger partial charge in [0.05, 0.1) is 20.3 Å². The third-order valence-corrected chi connectivity index (χ3v) is 3.53. The lowest BCUT2D eigenvalue weighted by Crippen LogP contribution is -2.44. The summed E-state index contributed by atoms with van der Waals surface area (Å²) < 4.78 is 10.6. The number of hydrogen-bond acceptors (Lipinski definition) is 4. The van der Waals surface area contributed by atoms with Gasteiger partial charge in [-0.2, -0.15) is 0 Å². The number of rotatable bonds is 8. The molecule has 1 aromatic carbocycles. The molecule has 0 heterocycles. The van der Waals surface area contributed by atoms with Gasteiger partial charge in [-0.05, 0) is 39.0 Å². The third kappa shape index (κ3) is 4.63. The molecular weight excluding hydrogens is 268 g/mol. The molecule has 0 fully saturated rings. The monoisotopic (exact) mass is 294 g/mol. The summed E-state index contributed by atoms with van der Waals surface area (Å²) in [5.41, 5.74) is 0.969. The van der Waals surface area contributed by atoms with Crippen LogP contribution in [0.4, 0.5) is 0 Å². The van der Waals surface area contributed by atoms with Gasteiger partial charge in [-0.15, -0.1) is 0 Å². The van der Waals surface area contributed by atoms with Crippen LogP contribution in [0, 0.1) is 0 Å². The van der Waals surface area contributed by atoms with Crippen molar-refractivity contribution in [2.24, 2.45) is 0 Å². The van der Waals surface area contributed by atoms with Crippen molar-refractivity contribution < 1.29 is 14.3 Å². The molecular formula is C16H26N2O3. The Kier molecular flexibility index (Phi) is 7.02. The third-order valence-electron chi connectivity index (χ3n) is 3.53. The lowest BCUT2D eigenvalue weighted by atomic mass is 10.1. The number of methoxy groups -OCH3 is 2. The molecule has 1 aromatic rings. The lowest BCUT2D eigenvalue weighted by molar-refractivity contribution is -0.132. The number of benzene rings is 1. The van der Waals surface area contributed by atoms with Crippen LogP contribution in [0.2, 0.25) is 0 Å². The van der Waals surface area contributed by atoms with Crippen LogP contribution in [-0.2, 0) is 11.3 Å². The van der Waals surface area contributed by atoms with Gasteiger partial charge in [0, 0.05) is 25.2 Å². The number of ether oxygens (including phenoxy) is 2. The van der Waals surface area contributed by atoms with Crippen LogP contribution in [0.15, 0.2) is 18.2 Å². The molecule has 1 N–H and O–H groups in total. The molecule has 21 heavy (non-hydrogen) atoms. The van der Waals surface area contributed by atoms with E-state index in [2.05, 4.69) is 5.32 Å². The number of likely N-dealkylation sites (N-methyl/N-ethyl adjacent to an activating group) is 1. The smallest absolute Gasteiger partial charge is 0.239 e. The summed E-state index contributed by atoms with van der Waals surface area (Å²) in [6.45, 7) is 7.86. The molecule has 1 amide bonds. The molecule has 0 aromatic heterocycles. The van der Waals surface area contributed by atoms with Crippen molar-refractivity contribution in [1.29, 1.82) is 0 Å². The van der Waals surface area contributed by atoms with E-state index < -0.39 is 0 Å². The predicted octanol–water partition coefficient (Wildman–Crippen LogP) is 2.05. The number of nitrogens with zero attached hydrogens (tertiary/aromatic N) is 1. The second-order valence-corrected chi connectivity index (χ2v) is 4.79. The van der Waals surface area contributed by atoms with Gasteiger partial charge in [0.1, 0.15) is 11.5 Å². The number of carbonyl (C=O) groups excluding carboxylic acids is 1. The van der Waals surface area contributed by atoms with Crippen LogP contribution in [0.25, 0.3) is 0 Å². The fourth-order valence-corrected chi connectivity index (χ4v) is 2.18. The van der Waals surface area contributed by atoms with Gasteiger partial charge in [0.15, 0.2) is 0 Å². The summed E-state index contributed by atoms with van der Waals surface area (Å²) in [4.78, 5) is 14.0. The molecule has 1 atom stereocenters. The zero-order valence-corrected chi connectivity index (χ0v) is 13.6. The summed E-state index contributed by atoms with van der Waals surface area (Å²) >= 11 is 0. The van der Waals surface area contributed by atoms with Crippen molar-refractivity contribution in [3.05, 3.63) is 23.8 Å². The van der Waals surface area contributed by atoms with Crippen molar-refractivity contribution in [2.75, 3.05) is 27.3 Å². The second kappa shape index (κ2) is 8.52. The lowest BCUT2D eigenvalue weighted by Gasteiger charge is -2.23. The molecule has 0 spiro atoms. The second-order valence-electron chi connectivity index (χ2n) is 4.79. The summed E-state index contributed by atoms with van der Waals surface area (Å²) in [5, 5.41) is 3.25. The van der Waals surface area contributed by atoms with Crippen molar-refractivity contribution in [2.45, 2.75) is 33.4 Å². The Morgan fingerprint density at radius 2 is 1.90 bits per heavy atom. The Balaban J connectivity index is 2.71. The highest BCUT2D eigenvalue weighted by molar-refractivity contribution is 5.81. The molecule has 0 aliphatic heterocycles. The number of amides is 1. The van der Waals surface area contributed by atoms with E-state index >= 15 is 0 Å². The van der Waals surface area contributed by atoms with E-state index in [0.717, 1.165) is 30.2 Å². The van der Waals surface area contributed by atoms with Crippen LogP contribution in [0.3, 0.4) is 0 Å². The first-order valence-electron chi connectivity index (χ1n) is 7.30. The largest absolute Gasteiger partial charge is 0.497 e. The quantitative estimate of drug-likeness (QED) is 0.797. The Hall–Kier alpha value is -1.75. The summed E-state index contributed by atoms with van der Waals surface area (Å²) in [7, 11) is 3.27. The Labute approximate surface area is 127 Å². The van der Waals surface area contributed by atoms with Gasteiger partial charge < -0.3 is 19.7 Å². The molecule has 0 saturated heterocycles. The molecule has 5 nitrogen and oxygen atoms in total. The molecule has 0 aliphatic carbocycles. The minimum absolute atomic E-state index is 0.113. The number of nitrogens with one attached hydrogen (secondary N) is 1. The van der Waals surface area contributed by atoms with Crippen LogP contribution in [0.1, 0.15) is 26.3 Å². The van der Waals surface area contributed by atoms with E-state index in [0.29, 0.717) is 6.54 Å². The normalized spacial score (nSPS) is 11.9. The maximum absolute atomic E-state index is 12.2. The van der Waals surface area contributed by atoms with Gasteiger partial charge >= 0.3 is 0 Å².